The highest BCUT2D eigenvalue weighted by molar-refractivity contribution is 6.30. The summed E-state index contributed by atoms with van der Waals surface area (Å²) >= 11 is 5.95. The van der Waals surface area contributed by atoms with Crippen LogP contribution in [0.2, 0.25) is 5.02 Å². The van der Waals surface area contributed by atoms with Crippen LogP contribution in [0.4, 0.5) is 5.69 Å². The summed E-state index contributed by atoms with van der Waals surface area (Å²) in [5, 5.41) is 3.49. The summed E-state index contributed by atoms with van der Waals surface area (Å²) < 4.78 is 11.0. The number of nitrogens with one attached hydrogen (secondary N) is 1. The van der Waals surface area contributed by atoms with Crippen molar-refractivity contribution in [2.75, 3.05) is 11.9 Å². The van der Waals surface area contributed by atoms with Gasteiger partial charge in [0, 0.05) is 22.7 Å². The molecule has 0 fully saturated rings. The molecule has 0 unspecified atom stereocenters. The maximum absolute atomic E-state index is 12.7. The third-order valence-corrected chi connectivity index (χ3v) is 5.16. The van der Waals surface area contributed by atoms with Gasteiger partial charge in [0.05, 0.1) is 12.2 Å². The summed E-state index contributed by atoms with van der Waals surface area (Å²) in [5.74, 6) is 0.106. The van der Waals surface area contributed by atoms with Gasteiger partial charge < -0.3 is 14.8 Å². The van der Waals surface area contributed by atoms with Crippen molar-refractivity contribution in [3.63, 3.8) is 0 Å². The molecule has 30 heavy (non-hydrogen) atoms. The Labute approximate surface area is 179 Å². The van der Waals surface area contributed by atoms with Gasteiger partial charge in [-0.1, -0.05) is 23.7 Å². The number of carbonyl (C=O) groups is 2. The average Bonchev–Trinajstić information content (AvgIpc) is 2.75. The summed E-state index contributed by atoms with van der Waals surface area (Å²) in [4.78, 5) is 25.1. The molecule has 3 aromatic rings. The number of esters is 1. The van der Waals surface area contributed by atoms with Gasteiger partial charge in [0.2, 0.25) is 0 Å². The zero-order chi connectivity index (χ0) is 21.1. The fraction of sp³-hybridized carbons (Fsp3) is 0.167. The second-order valence-corrected chi connectivity index (χ2v) is 7.37. The molecule has 0 aromatic heterocycles. The molecule has 152 valence electrons. The quantitative estimate of drug-likeness (QED) is 0.557. The molecule has 0 saturated heterocycles. The smallest absolute Gasteiger partial charge is 0.339 e. The van der Waals surface area contributed by atoms with E-state index in [1.165, 1.54) is 0 Å². The van der Waals surface area contributed by atoms with E-state index < -0.39 is 12.1 Å². The standard InChI is InChI=1S/C24H20ClNO4/c1-2-29-20-10-8-19(9-11-20)26-23(27)16-5-12-21-17(13-16)14-22(30-24(21)28)15-3-6-18(25)7-4-15/h3-13,22H,2,14H2,1H3,(H,26,27)/t22-/m0/s1. The van der Waals surface area contributed by atoms with Crippen molar-refractivity contribution in [1.82, 2.24) is 0 Å². The zero-order valence-corrected chi connectivity index (χ0v) is 17.1. The maximum atomic E-state index is 12.7. The van der Waals surface area contributed by atoms with Gasteiger partial charge in [-0.3, -0.25) is 4.79 Å². The van der Waals surface area contributed by atoms with E-state index in [2.05, 4.69) is 5.32 Å². The number of fused-ring (bicyclic) bond motifs is 1. The molecule has 1 aliphatic heterocycles. The molecule has 1 amide bonds. The largest absolute Gasteiger partial charge is 0.494 e. The van der Waals surface area contributed by atoms with Gasteiger partial charge in [-0.25, -0.2) is 4.79 Å². The Morgan fingerprint density at radius 3 is 2.53 bits per heavy atom. The van der Waals surface area contributed by atoms with E-state index in [1.54, 1.807) is 54.6 Å². The monoisotopic (exact) mass is 421 g/mol. The van der Waals surface area contributed by atoms with Crippen molar-refractivity contribution in [2.45, 2.75) is 19.4 Å². The van der Waals surface area contributed by atoms with Gasteiger partial charge in [0.1, 0.15) is 11.9 Å². The highest BCUT2D eigenvalue weighted by Crippen LogP contribution is 2.32. The van der Waals surface area contributed by atoms with Gasteiger partial charge in [0.25, 0.3) is 5.91 Å². The van der Waals surface area contributed by atoms with Crippen molar-refractivity contribution >= 4 is 29.2 Å². The first-order chi connectivity index (χ1) is 14.5. The zero-order valence-electron chi connectivity index (χ0n) is 16.4. The molecule has 5 nitrogen and oxygen atoms in total. The molecule has 4 rings (SSSR count). The lowest BCUT2D eigenvalue weighted by atomic mass is 9.93. The first kappa shape index (κ1) is 20.0. The lowest BCUT2D eigenvalue weighted by Crippen LogP contribution is -2.23. The lowest BCUT2D eigenvalue weighted by Gasteiger charge is -2.25. The summed E-state index contributed by atoms with van der Waals surface area (Å²) in [5.41, 5.74) is 3.28. The number of anilines is 1. The molecule has 1 heterocycles. The summed E-state index contributed by atoms with van der Waals surface area (Å²) in [7, 11) is 0. The third-order valence-electron chi connectivity index (χ3n) is 4.91. The average molecular weight is 422 g/mol. The number of hydrogen-bond acceptors (Lipinski definition) is 4. The van der Waals surface area contributed by atoms with E-state index in [0.717, 1.165) is 16.9 Å². The molecule has 1 atom stereocenters. The van der Waals surface area contributed by atoms with Crippen molar-refractivity contribution in [3.8, 4) is 5.75 Å². The Bertz CT molecular complexity index is 1080. The van der Waals surface area contributed by atoms with Crippen molar-refractivity contribution in [3.05, 3.63) is 94.0 Å². The summed E-state index contributed by atoms with van der Waals surface area (Å²) in [6, 6.07) is 19.4. The molecular formula is C24H20ClNO4. The Kier molecular flexibility index (Phi) is 5.72. The number of ether oxygens (including phenoxy) is 2. The Morgan fingerprint density at radius 2 is 1.83 bits per heavy atom. The van der Waals surface area contributed by atoms with E-state index in [9.17, 15) is 9.59 Å². The molecule has 1 aliphatic rings. The van der Waals surface area contributed by atoms with Crippen LogP contribution < -0.4 is 10.1 Å². The number of rotatable bonds is 5. The lowest BCUT2D eigenvalue weighted by molar-refractivity contribution is 0.0252. The van der Waals surface area contributed by atoms with E-state index >= 15 is 0 Å². The van der Waals surface area contributed by atoms with Gasteiger partial charge >= 0.3 is 5.97 Å². The van der Waals surface area contributed by atoms with E-state index in [-0.39, 0.29) is 5.91 Å². The van der Waals surface area contributed by atoms with Crippen LogP contribution in [0.25, 0.3) is 0 Å². The normalized spacial score (nSPS) is 15.1. The van der Waals surface area contributed by atoms with Crippen molar-refractivity contribution in [2.24, 2.45) is 0 Å². The number of cyclic esters (lactones) is 1. The molecule has 6 heteroatoms. The number of hydrogen-bond donors (Lipinski definition) is 1. The van der Waals surface area contributed by atoms with Crippen LogP contribution in [0.15, 0.2) is 66.7 Å². The molecule has 1 N–H and O–H groups in total. The van der Waals surface area contributed by atoms with E-state index in [0.29, 0.717) is 34.9 Å². The van der Waals surface area contributed by atoms with Crippen molar-refractivity contribution < 1.29 is 19.1 Å². The SMILES string of the molecule is CCOc1ccc(NC(=O)c2ccc3c(c2)C[C@@H](c2ccc(Cl)cc2)OC3=O)cc1. The number of halogens is 1. The Hall–Kier alpha value is -3.31. The first-order valence-corrected chi connectivity index (χ1v) is 10.0. The van der Waals surface area contributed by atoms with E-state index in [1.807, 2.05) is 19.1 Å². The molecule has 0 bridgehead atoms. The van der Waals surface area contributed by atoms with Gasteiger partial charge in [-0.2, -0.15) is 0 Å². The molecule has 0 radical (unpaired) electrons. The number of carbonyl (C=O) groups excluding carboxylic acids is 2. The fourth-order valence-electron chi connectivity index (χ4n) is 3.40. The first-order valence-electron chi connectivity index (χ1n) is 9.67. The highest BCUT2D eigenvalue weighted by atomic mass is 35.5. The number of amides is 1. The van der Waals surface area contributed by atoms with Crippen LogP contribution in [0.1, 0.15) is 44.9 Å². The predicted octanol–water partition coefficient (Wildman–Crippen LogP) is 5.45. The second-order valence-electron chi connectivity index (χ2n) is 6.93. The predicted molar refractivity (Wildman–Crippen MR) is 115 cm³/mol. The topological polar surface area (TPSA) is 64.6 Å². The molecule has 0 spiro atoms. The van der Waals surface area contributed by atoms with Crippen LogP contribution in [0, 0.1) is 0 Å². The number of benzene rings is 3. The van der Waals surface area contributed by atoms with Gasteiger partial charge in [0.15, 0.2) is 0 Å². The minimum absolute atomic E-state index is 0.246. The van der Waals surface area contributed by atoms with Gasteiger partial charge in [-0.05, 0) is 72.6 Å². The minimum atomic E-state index is -0.410. The molecule has 0 saturated carbocycles. The third kappa shape index (κ3) is 4.31. The molecule has 3 aromatic carbocycles. The van der Waals surface area contributed by atoms with Gasteiger partial charge in [-0.15, -0.1) is 0 Å². The Balaban J connectivity index is 1.52. The maximum Gasteiger partial charge on any atom is 0.339 e. The van der Waals surface area contributed by atoms with Crippen LogP contribution in [-0.2, 0) is 11.2 Å². The fourth-order valence-corrected chi connectivity index (χ4v) is 3.53. The van der Waals surface area contributed by atoms with E-state index in [4.69, 9.17) is 21.1 Å². The second kappa shape index (κ2) is 8.59. The molecular weight excluding hydrogens is 402 g/mol. The van der Waals surface area contributed by atoms with Crippen molar-refractivity contribution in [1.29, 1.82) is 0 Å². The minimum Gasteiger partial charge on any atom is -0.494 e. The summed E-state index contributed by atoms with van der Waals surface area (Å²) in [6.45, 7) is 2.50. The van der Waals surface area contributed by atoms with Crippen LogP contribution in [0.3, 0.4) is 0 Å². The highest BCUT2D eigenvalue weighted by Gasteiger charge is 2.28. The Morgan fingerprint density at radius 1 is 1.10 bits per heavy atom. The molecule has 0 aliphatic carbocycles. The van der Waals surface area contributed by atoms with Crippen LogP contribution >= 0.6 is 11.6 Å². The van der Waals surface area contributed by atoms with Crippen LogP contribution in [-0.4, -0.2) is 18.5 Å². The van der Waals surface area contributed by atoms with Crippen LogP contribution in [0.5, 0.6) is 5.75 Å². The summed E-state index contributed by atoms with van der Waals surface area (Å²) in [6.07, 6.45) is 0.0825.